The van der Waals surface area contributed by atoms with Crippen LogP contribution < -0.4 is 5.32 Å². The predicted octanol–water partition coefficient (Wildman–Crippen LogP) is 3.63. The minimum atomic E-state index is -0.370. The summed E-state index contributed by atoms with van der Waals surface area (Å²) < 4.78 is 4.69. The number of likely N-dealkylation sites (tertiary alicyclic amines) is 1. The van der Waals surface area contributed by atoms with E-state index in [-0.39, 0.29) is 11.9 Å². The summed E-state index contributed by atoms with van der Waals surface area (Å²) >= 11 is 0. The second-order valence-corrected chi connectivity index (χ2v) is 6.33. The van der Waals surface area contributed by atoms with Gasteiger partial charge in [0, 0.05) is 30.7 Å². The molecule has 1 saturated heterocycles. The highest BCUT2D eigenvalue weighted by Gasteiger charge is 2.18. The minimum Gasteiger partial charge on any atom is -0.465 e. The van der Waals surface area contributed by atoms with Crippen molar-refractivity contribution in [3.63, 3.8) is 0 Å². The van der Waals surface area contributed by atoms with Gasteiger partial charge in [-0.2, -0.15) is 0 Å². The lowest BCUT2D eigenvalue weighted by Gasteiger charge is -2.20. The molecule has 1 aromatic carbocycles. The topological polar surface area (TPSA) is 71.5 Å². The molecule has 6 nitrogen and oxygen atoms in total. The van der Waals surface area contributed by atoms with Crippen LogP contribution in [-0.4, -0.2) is 42.0 Å². The Bertz CT molecular complexity index is 766. The van der Waals surface area contributed by atoms with Crippen LogP contribution in [0.15, 0.2) is 42.6 Å². The fraction of sp³-hybridized carbons (Fsp3) is 0.350. The largest absolute Gasteiger partial charge is 0.465 e. The molecule has 0 atom stereocenters. The van der Waals surface area contributed by atoms with Crippen molar-refractivity contribution < 1.29 is 14.3 Å². The Morgan fingerprint density at radius 1 is 1.00 bits per heavy atom. The van der Waals surface area contributed by atoms with Gasteiger partial charge < -0.3 is 15.0 Å². The number of carbonyl (C=O) groups is 2. The monoisotopic (exact) mass is 353 g/mol. The van der Waals surface area contributed by atoms with Gasteiger partial charge in [-0.3, -0.25) is 9.78 Å². The lowest BCUT2D eigenvalue weighted by molar-refractivity contribution is 0.0600. The number of aromatic nitrogens is 1. The van der Waals surface area contributed by atoms with E-state index in [4.69, 9.17) is 4.74 Å². The number of benzene rings is 1. The standard InChI is InChI=1S/C20H23N3O3/c1-26-20(25)15-6-8-16(9-7-15)22-17-10-11-21-18(14-17)19(24)23-12-4-2-3-5-13-23/h6-11,14H,2-5,12-13H2,1H3,(H,21,22). The van der Waals surface area contributed by atoms with Crippen molar-refractivity contribution in [3.8, 4) is 0 Å². The van der Waals surface area contributed by atoms with Crippen molar-refractivity contribution in [1.29, 1.82) is 0 Å². The van der Waals surface area contributed by atoms with Crippen LogP contribution in [0.4, 0.5) is 11.4 Å². The fourth-order valence-electron chi connectivity index (χ4n) is 3.04. The molecule has 1 N–H and O–H groups in total. The average molecular weight is 353 g/mol. The van der Waals surface area contributed by atoms with Gasteiger partial charge in [-0.1, -0.05) is 12.8 Å². The number of ether oxygens (including phenoxy) is 1. The molecule has 0 unspecified atom stereocenters. The lowest BCUT2D eigenvalue weighted by Crippen LogP contribution is -2.32. The Morgan fingerprint density at radius 3 is 2.35 bits per heavy atom. The SMILES string of the molecule is COC(=O)c1ccc(Nc2ccnc(C(=O)N3CCCCCC3)c2)cc1. The van der Waals surface area contributed by atoms with E-state index < -0.39 is 0 Å². The van der Waals surface area contributed by atoms with E-state index in [9.17, 15) is 9.59 Å². The highest BCUT2D eigenvalue weighted by atomic mass is 16.5. The van der Waals surface area contributed by atoms with Gasteiger partial charge in [-0.25, -0.2) is 4.79 Å². The van der Waals surface area contributed by atoms with E-state index >= 15 is 0 Å². The van der Waals surface area contributed by atoms with Crippen LogP contribution >= 0.6 is 0 Å². The molecule has 2 aromatic rings. The number of rotatable bonds is 4. The highest BCUT2D eigenvalue weighted by Crippen LogP contribution is 2.19. The molecule has 1 aliphatic rings. The second kappa shape index (κ2) is 8.47. The van der Waals surface area contributed by atoms with E-state index in [1.807, 2.05) is 11.0 Å². The van der Waals surface area contributed by atoms with Crippen molar-refractivity contribution in [1.82, 2.24) is 9.88 Å². The summed E-state index contributed by atoms with van der Waals surface area (Å²) in [5.41, 5.74) is 2.54. The zero-order chi connectivity index (χ0) is 18.4. The first-order chi connectivity index (χ1) is 12.7. The van der Waals surface area contributed by atoms with Gasteiger partial charge in [-0.15, -0.1) is 0 Å². The molecule has 1 fully saturated rings. The number of methoxy groups -OCH3 is 1. The van der Waals surface area contributed by atoms with Crippen molar-refractivity contribution in [2.45, 2.75) is 25.7 Å². The Morgan fingerprint density at radius 2 is 1.69 bits per heavy atom. The Hall–Kier alpha value is -2.89. The summed E-state index contributed by atoms with van der Waals surface area (Å²) in [5.74, 6) is -0.387. The summed E-state index contributed by atoms with van der Waals surface area (Å²) in [5, 5.41) is 3.24. The molecule has 1 aromatic heterocycles. The molecular formula is C20H23N3O3. The van der Waals surface area contributed by atoms with E-state index in [0.29, 0.717) is 11.3 Å². The molecular weight excluding hydrogens is 330 g/mol. The maximum Gasteiger partial charge on any atom is 0.337 e. The number of anilines is 2. The first-order valence-corrected chi connectivity index (χ1v) is 8.88. The number of hydrogen-bond donors (Lipinski definition) is 1. The molecule has 0 radical (unpaired) electrons. The summed E-state index contributed by atoms with van der Waals surface area (Å²) in [6.07, 6.45) is 6.10. The Balaban J connectivity index is 1.70. The van der Waals surface area contributed by atoms with E-state index in [1.54, 1.807) is 36.5 Å². The van der Waals surface area contributed by atoms with Gasteiger partial charge in [0.2, 0.25) is 0 Å². The van der Waals surface area contributed by atoms with E-state index in [1.165, 1.54) is 20.0 Å². The number of carbonyl (C=O) groups excluding carboxylic acids is 2. The Labute approximate surface area is 153 Å². The Kier molecular flexibility index (Phi) is 5.84. The molecule has 0 aliphatic carbocycles. The summed E-state index contributed by atoms with van der Waals surface area (Å²) in [6, 6.07) is 10.6. The maximum absolute atomic E-state index is 12.7. The van der Waals surface area contributed by atoms with Crippen LogP contribution in [0.25, 0.3) is 0 Å². The molecule has 1 amide bonds. The molecule has 3 rings (SSSR count). The smallest absolute Gasteiger partial charge is 0.337 e. The predicted molar refractivity (Wildman–Crippen MR) is 99.7 cm³/mol. The maximum atomic E-state index is 12.7. The van der Waals surface area contributed by atoms with Gasteiger partial charge in [0.1, 0.15) is 5.69 Å². The number of amides is 1. The van der Waals surface area contributed by atoms with Crippen molar-refractivity contribution in [2.24, 2.45) is 0 Å². The summed E-state index contributed by atoms with van der Waals surface area (Å²) in [4.78, 5) is 30.3. The normalized spacial score (nSPS) is 14.4. The first kappa shape index (κ1) is 17.9. The summed E-state index contributed by atoms with van der Waals surface area (Å²) in [7, 11) is 1.36. The summed E-state index contributed by atoms with van der Waals surface area (Å²) in [6.45, 7) is 1.60. The van der Waals surface area contributed by atoms with Crippen LogP contribution in [0.3, 0.4) is 0 Å². The number of pyridine rings is 1. The van der Waals surface area contributed by atoms with Crippen molar-refractivity contribution in [3.05, 3.63) is 53.9 Å². The molecule has 136 valence electrons. The van der Waals surface area contributed by atoms with E-state index in [0.717, 1.165) is 37.3 Å². The third-order valence-corrected chi connectivity index (χ3v) is 4.47. The molecule has 26 heavy (non-hydrogen) atoms. The van der Waals surface area contributed by atoms with Gasteiger partial charge in [-0.05, 0) is 49.2 Å². The molecule has 2 heterocycles. The number of nitrogens with one attached hydrogen (secondary N) is 1. The third kappa shape index (κ3) is 4.39. The first-order valence-electron chi connectivity index (χ1n) is 8.88. The molecule has 6 heteroatoms. The quantitative estimate of drug-likeness (QED) is 0.850. The zero-order valence-electron chi connectivity index (χ0n) is 14.9. The van der Waals surface area contributed by atoms with Crippen LogP contribution in [0.1, 0.15) is 46.5 Å². The van der Waals surface area contributed by atoms with E-state index in [2.05, 4.69) is 10.3 Å². The lowest BCUT2D eigenvalue weighted by atomic mass is 10.2. The minimum absolute atomic E-state index is 0.0170. The van der Waals surface area contributed by atoms with Gasteiger partial charge in [0.25, 0.3) is 5.91 Å². The molecule has 0 bridgehead atoms. The molecule has 1 aliphatic heterocycles. The second-order valence-electron chi connectivity index (χ2n) is 6.33. The third-order valence-electron chi connectivity index (χ3n) is 4.47. The molecule has 0 saturated carbocycles. The number of nitrogens with zero attached hydrogens (tertiary/aromatic N) is 2. The highest BCUT2D eigenvalue weighted by molar-refractivity contribution is 5.93. The van der Waals surface area contributed by atoms with Crippen LogP contribution in [0.5, 0.6) is 0 Å². The van der Waals surface area contributed by atoms with Crippen molar-refractivity contribution in [2.75, 3.05) is 25.5 Å². The van der Waals surface area contributed by atoms with Crippen LogP contribution in [0, 0.1) is 0 Å². The van der Waals surface area contributed by atoms with Crippen LogP contribution in [0.2, 0.25) is 0 Å². The van der Waals surface area contributed by atoms with Gasteiger partial charge in [0.15, 0.2) is 0 Å². The molecule has 0 spiro atoms. The van der Waals surface area contributed by atoms with Crippen LogP contribution in [-0.2, 0) is 4.74 Å². The van der Waals surface area contributed by atoms with Gasteiger partial charge in [0.05, 0.1) is 12.7 Å². The van der Waals surface area contributed by atoms with Gasteiger partial charge >= 0.3 is 5.97 Å². The number of esters is 1. The number of hydrogen-bond acceptors (Lipinski definition) is 5. The average Bonchev–Trinajstić information content (AvgIpc) is 2.97. The zero-order valence-corrected chi connectivity index (χ0v) is 14.9. The fourth-order valence-corrected chi connectivity index (χ4v) is 3.04. The van der Waals surface area contributed by atoms with Crippen molar-refractivity contribution >= 4 is 23.3 Å².